The number of amides is 2. The summed E-state index contributed by atoms with van der Waals surface area (Å²) >= 11 is 1.23. The van der Waals surface area contributed by atoms with Crippen molar-refractivity contribution in [3.8, 4) is 11.5 Å². The predicted molar refractivity (Wildman–Crippen MR) is 115 cm³/mol. The second kappa shape index (κ2) is 11.4. The Kier molecular flexibility index (Phi) is 8.92. The largest absolute Gasteiger partial charge is 0.497 e. The SMILES string of the molecule is CCCCN(CCCC)C(=O)c1csc(NC(=O)c2cc(OC)cc(OC)c2)n1. The molecule has 0 atom stereocenters. The first-order chi connectivity index (χ1) is 14.0. The summed E-state index contributed by atoms with van der Waals surface area (Å²) in [5.41, 5.74) is 0.748. The van der Waals surface area contributed by atoms with E-state index < -0.39 is 0 Å². The third-order valence-corrected chi connectivity index (χ3v) is 5.17. The lowest BCUT2D eigenvalue weighted by Gasteiger charge is -2.21. The molecule has 0 unspecified atom stereocenters. The van der Waals surface area contributed by atoms with Crippen molar-refractivity contribution in [1.29, 1.82) is 0 Å². The second-order valence-electron chi connectivity index (χ2n) is 6.59. The van der Waals surface area contributed by atoms with Crippen LogP contribution in [0, 0.1) is 0 Å². The van der Waals surface area contributed by atoms with Crippen LogP contribution < -0.4 is 14.8 Å². The summed E-state index contributed by atoms with van der Waals surface area (Å²) in [7, 11) is 3.05. The molecule has 1 aromatic carbocycles. The normalized spacial score (nSPS) is 10.5. The van der Waals surface area contributed by atoms with Crippen LogP contribution in [0.2, 0.25) is 0 Å². The molecule has 0 saturated heterocycles. The summed E-state index contributed by atoms with van der Waals surface area (Å²) in [5, 5.41) is 4.82. The van der Waals surface area contributed by atoms with Crippen molar-refractivity contribution >= 4 is 28.3 Å². The van der Waals surface area contributed by atoms with Gasteiger partial charge in [-0.05, 0) is 25.0 Å². The van der Waals surface area contributed by atoms with Gasteiger partial charge in [0.15, 0.2) is 5.13 Å². The number of nitrogens with zero attached hydrogens (tertiary/aromatic N) is 2. The van der Waals surface area contributed by atoms with Crippen LogP contribution in [-0.4, -0.2) is 49.0 Å². The smallest absolute Gasteiger partial charge is 0.273 e. The number of hydrogen-bond acceptors (Lipinski definition) is 6. The lowest BCUT2D eigenvalue weighted by molar-refractivity contribution is 0.0745. The molecule has 0 aliphatic carbocycles. The molecule has 8 heteroatoms. The van der Waals surface area contributed by atoms with Gasteiger partial charge in [-0.15, -0.1) is 11.3 Å². The van der Waals surface area contributed by atoms with E-state index in [-0.39, 0.29) is 11.8 Å². The summed E-state index contributed by atoms with van der Waals surface area (Å²) in [5.74, 6) is 0.607. The number of anilines is 1. The molecule has 1 N–H and O–H groups in total. The molecule has 0 saturated carbocycles. The Morgan fingerprint density at radius 2 is 1.62 bits per heavy atom. The van der Waals surface area contributed by atoms with Crippen LogP contribution in [0.15, 0.2) is 23.6 Å². The van der Waals surface area contributed by atoms with Crippen molar-refractivity contribution in [1.82, 2.24) is 9.88 Å². The molecule has 1 heterocycles. The number of hydrogen-bond donors (Lipinski definition) is 1. The van der Waals surface area contributed by atoms with E-state index in [0.717, 1.165) is 38.8 Å². The van der Waals surface area contributed by atoms with Crippen LogP contribution in [0.4, 0.5) is 5.13 Å². The molecule has 2 amide bonds. The molecule has 2 aromatic rings. The molecule has 7 nitrogen and oxygen atoms in total. The predicted octanol–water partition coefficient (Wildman–Crippen LogP) is 4.46. The molecule has 0 spiro atoms. The Labute approximate surface area is 176 Å². The van der Waals surface area contributed by atoms with Crippen LogP contribution >= 0.6 is 11.3 Å². The molecule has 0 aliphatic heterocycles. The van der Waals surface area contributed by atoms with Gasteiger partial charge in [-0.3, -0.25) is 14.9 Å². The van der Waals surface area contributed by atoms with Crippen LogP contribution in [-0.2, 0) is 0 Å². The van der Waals surface area contributed by atoms with Gasteiger partial charge in [-0.1, -0.05) is 26.7 Å². The topological polar surface area (TPSA) is 80.8 Å². The Morgan fingerprint density at radius 3 is 2.14 bits per heavy atom. The highest BCUT2D eigenvalue weighted by Gasteiger charge is 2.19. The number of carbonyl (C=O) groups is 2. The zero-order valence-corrected chi connectivity index (χ0v) is 18.3. The van der Waals surface area contributed by atoms with Crippen LogP contribution in [0.3, 0.4) is 0 Å². The monoisotopic (exact) mass is 419 g/mol. The molecule has 0 aliphatic rings. The van der Waals surface area contributed by atoms with Gasteiger partial charge < -0.3 is 14.4 Å². The van der Waals surface area contributed by atoms with E-state index in [1.165, 1.54) is 25.6 Å². The number of nitrogens with one attached hydrogen (secondary N) is 1. The minimum Gasteiger partial charge on any atom is -0.497 e. The molecule has 0 fully saturated rings. The molecule has 0 radical (unpaired) electrons. The zero-order chi connectivity index (χ0) is 21.2. The molecule has 0 bridgehead atoms. The maximum Gasteiger partial charge on any atom is 0.273 e. The number of thiazole rings is 1. The van der Waals surface area contributed by atoms with Crippen LogP contribution in [0.5, 0.6) is 11.5 Å². The third kappa shape index (κ3) is 6.45. The number of unbranched alkanes of at least 4 members (excludes halogenated alkanes) is 2. The summed E-state index contributed by atoms with van der Waals surface area (Å²) < 4.78 is 10.4. The first-order valence-electron chi connectivity index (χ1n) is 9.81. The Balaban J connectivity index is 2.10. The molecule has 158 valence electrons. The van der Waals surface area contributed by atoms with Crippen molar-refractivity contribution in [2.24, 2.45) is 0 Å². The van der Waals surface area contributed by atoms with Gasteiger partial charge in [0.05, 0.1) is 14.2 Å². The molecule has 2 rings (SSSR count). The van der Waals surface area contributed by atoms with Crippen molar-refractivity contribution in [3.63, 3.8) is 0 Å². The fourth-order valence-electron chi connectivity index (χ4n) is 2.71. The van der Waals surface area contributed by atoms with Gasteiger partial charge in [0.2, 0.25) is 0 Å². The number of aromatic nitrogens is 1. The average Bonchev–Trinajstić information content (AvgIpc) is 3.21. The van der Waals surface area contributed by atoms with E-state index in [1.807, 2.05) is 4.90 Å². The fourth-order valence-corrected chi connectivity index (χ4v) is 3.39. The molecular weight excluding hydrogens is 390 g/mol. The standard InChI is InChI=1S/C21H29N3O4S/c1-5-7-9-24(10-8-6-2)20(26)18-14-29-21(22-18)23-19(25)15-11-16(27-3)13-17(12-15)28-4/h11-14H,5-10H2,1-4H3,(H,22,23,25). The van der Waals surface area contributed by atoms with Gasteiger partial charge in [0.1, 0.15) is 17.2 Å². The van der Waals surface area contributed by atoms with Gasteiger partial charge in [-0.25, -0.2) is 4.98 Å². The van der Waals surface area contributed by atoms with E-state index in [0.29, 0.717) is 27.9 Å². The highest BCUT2D eigenvalue weighted by atomic mass is 32.1. The zero-order valence-electron chi connectivity index (χ0n) is 17.5. The molecule has 1 aromatic heterocycles. The maximum atomic E-state index is 12.8. The molecular formula is C21H29N3O4S. The van der Waals surface area contributed by atoms with Gasteiger partial charge >= 0.3 is 0 Å². The van der Waals surface area contributed by atoms with E-state index in [2.05, 4.69) is 24.1 Å². The van der Waals surface area contributed by atoms with E-state index in [4.69, 9.17) is 9.47 Å². The highest BCUT2D eigenvalue weighted by molar-refractivity contribution is 7.14. The number of methoxy groups -OCH3 is 2. The second-order valence-corrected chi connectivity index (χ2v) is 7.45. The van der Waals surface area contributed by atoms with E-state index >= 15 is 0 Å². The van der Waals surface area contributed by atoms with E-state index in [1.54, 1.807) is 23.6 Å². The lowest BCUT2D eigenvalue weighted by Crippen LogP contribution is -2.33. The number of ether oxygens (including phenoxy) is 2. The van der Waals surface area contributed by atoms with Gasteiger partial charge in [-0.2, -0.15) is 0 Å². The number of benzene rings is 1. The summed E-state index contributed by atoms with van der Waals surface area (Å²) in [4.78, 5) is 31.6. The Hall–Kier alpha value is -2.61. The lowest BCUT2D eigenvalue weighted by atomic mass is 10.2. The summed E-state index contributed by atoms with van der Waals surface area (Å²) in [6, 6.07) is 4.93. The van der Waals surface area contributed by atoms with Crippen LogP contribution in [0.1, 0.15) is 60.4 Å². The van der Waals surface area contributed by atoms with Crippen molar-refractivity contribution in [2.45, 2.75) is 39.5 Å². The van der Waals surface area contributed by atoms with Crippen LogP contribution in [0.25, 0.3) is 0 Å². The summed E-state index contributed by atoms with van der Waals surface area (Å²) in [6.07, 6.45) is 3.97. The van der Waals surface area contributed by atoms with Crippen molar-refractivity contribution in [3.05, 3.63) is 34.8 Å². The first kappa shape index (κ1) is 22.7. The van der Waals surface area contributed by atoms with Crippen molar-refractivity contribution in [2.75, 3.05) is 32.6 Å². The fraction of sp³-hybridized carbons (Fsp3) is 0.476. The molecule has 29 heavy (non-hydrogen) atoms. The minimum absolute atomic E-state index is 0.0910. The third-order valence-electron chi connectivity index (χ3n) is 4.41. The van der Waals surface area contributed by atoms with Gasteiger partial charge in [0.25, 0.3) is 11.8 Å². The first-order valence-corrected chi connectivity index (χ1v) is 10.7. The maximum absolute atomic E-state index is 12.8. The quantitative estimate of drug-likeness (QED) is 0.582. The van der Waals surface area contributed by atoms with Gasteiger partial charge in [0, 0.05) is 30.1 Å². The number of rotatable bonds is 11. The number of carbonyl (C=O) groups excluding carboxylic acids is 2. The van der Waals surface area contributed by atoms with Crippen molar-refractivity contribution < 1.29 is 19.1 Å². The minimum atomic E-state index is -0.343. The average molecular weight is 420 g/mol. The Bertz CT molecular complexity index is 792. The van der Waals surface area contributed by atoms with E-state index in [9.17, 15) is 9.59 Å². The summed E-state index contributed by atoms with van der Waals surface area (Å²) in [6.45, 7) is 5.65. The Morgan fingerprint density at radius 1 is 1.03 bits per heavy atom. The highest BCUT2D eigenvalue weighted by Crippen LogP contribution is 2.24.